The van der Waals surface area contributed by atoms with E-state index in [0.29, 0.717) is 23.6 Å². The lowest BCUT2D eigenvalue weighted by Crippen LogP contribution is -2.06. The fraction of sp³-hybridized carbons (Fsp3) is 0.182. The molecule has 3 aromatic rings. The summed E-state index contributed by atoms with van der Waals surface area (Å²) >= 11 is 0. The van der Waals surface area contributed by atoms with Gasteiger partial charge in [-0.15, -0.1) is 6.58 Å². The standard InChI is InChI=1S/C22H19F3N2O4/c1-2-8-27-18(12-26-31-14-21(28)29)10-16-11-19(6-7-20(16)27)30-13-15-4-3-5-17(9-15)22(23,24)25/h2-7,9-12H,1,8,13-14H2,(H,28,29). The van der Waals surface area contributed by atoms with E-state index in [1.807, 2.05) is 16.7 Å². The molecule has 0 aliphatic heterocycles. The fourth-order valence-corrected chi connectivity index (χ4v) is 2.99. The summed E-state index contributed by atoms with van der Waals surface area (Å²) in [6, 6.07) is 12.1. The minimum Gasteiger partial charge on any atom is -0.489 e. The summed E-state index contributed by atoms with van der Waals surface area (Å²) in [4.78, 5) is 15.2. The van der Waals surface area contributed by atoms with Crippen molar-refractivity contribution in [3.63, 3.8) is 0 Å². The third-order valence-corrected chi connectivity index (χ3v) is 4.32. The van der Waals surface area contributed by atoms with Crippen LogP contribution in [0.4, 0.5) is 13.2 Å². The first kappa shape index (κ1) is 21.9. The topological polar surface area (TPSA) is 73.1 Å². The van der Waals surface area contributed by atoms with Crippen molar-refractivity contribution < 1.29 is 32.6 Å². The number of aromatic nitrogens is 1. The average Bonchev–Trinajstić information content (AvgIpc) is 3.06. The van der Waals surface area contributed by atoms with Crippen molar-refractivity contribution in [1.82, 2.24) is 4.57 Å². The minimum absolute atomic E-state index is 0.0138. The Morgan fingerprint density at radius 2 is 2.00 bits per heavy atom. The van der Waals surface area contributed by atoms with Gasteiger partial charge in [0, 0.05) is 17.4 Å². The summed E-state index contributed by atoms with van der Waals surface area (Å²) in [7, 11) is 0. The lowest BCUT2D eigenvalue weighted by molar-refractivity contribution is -0.142. The van der Waals surface area contributed by atoms with Crippen molar-refractivity contribution in [2.75, 3.05) is 6.61 Å². The van der Waals surface area contributed by atoms with Crippen LogP contribution in [0, 0.1) is 0 Å². The number of allylic oxidation sites excluding steroid dienone is 1. The predicted molar refractivity (Wildman–Crippen MR) is 109 cm³/mol. The van der Waals surface area contributed by atoms with Gasteiger partial charge < -0.3 is 19.2 Å². The van der Waals surface area contributed by atoms with Gasteiger partial charge in [-0.05, 0) is 42.0 Å². The van der Waals surface area contributed by atoms with Crippen LogP contribution in [-0.2, 0) is 29.0 Å². The number of oxime groups is 1. The molecule has 0 spiro atoms. The van der Waals surface area contributed by atoms with Gasteiger partial charge in [-0.25, -0.2) is 4.79 Å². The highest BCUT2D eigenvalue weighted by atomic mass is 19.4. The highest BCUT2D eigenvalue weighted by Crippen LogP contribution is 2.30. The Balaban J connectivity index is 1.79. The SMILES string of the molecule is C=CCn1c(C=NOCC(=O)O)cc2cc(OCc3cccc(C(F)(F)F)c3)ccc21. The lowest BCUT2D eigenvalue weighted by Gasteiger charge is -2.10. The first-order valence-corrected chi connectivity index (χ1v) is 9.18. The number of ether oxygens (including phenoxy) is 1. The van der Waals surface area contributed by atoms with Crippen LogP contribution in [0.3, 0.4) is 0 Å². The number of benzene rings is 2. The molecule has 0 fully saturated rings. The lowest BCUT2D eigenvalue weighted by atomic mass is 10.1. The van der Waals surface area contributed by atoms with Gasteiger partial charge in [-0.3, -0.25) is 0 Å². The van der Waals surface area contributed by atoms with Crippen molar-refractivity contribution in [2.24, 2.45) is 5.16 Å². The van der Waals surface area contributed by atoms with Crippen molar-refractivity contribution >= 4 is 23.1 Å². The molecule has 0 unspecified atom stereocenters. The second-order valence-corrected chi connectivity index (χ2v) is 6.58. The van der Waals surface area contributed by atoms with E-state index in [2.05, 4.69) is 11.7 Å². The minimum atomic E-state index is -4.41. The van der Waals surface area contributed by atoms with Crippen LogP contribution in [0.1, 0.15) is 16.8 Å². The predicted octanol–water partition coefficient (Wildman–Crippen LogP) is 4.86. The number of aliphatic carboxylic acids is 1. The molecule has 1 heterocycles. The van der Waals surface area contributed by atoms with E-state index in [9.17, 15) is 18.0 Å². The van der Waals surface area contributed by atoms with E-state index in [1.165, 1.54) is 12.3 Å². The molecule has 2 aromatic carbocycles. The van der Waals surface area contributed by atoms with Gasteiger partial charge in [-0.2, -0.15) is 13.2 Å². The van der Waals surface area contributed by atoms with Gasteiger partial charge in [-0.1, -0.05) is 23.4 Å². The second kappa shape index (κ2) is 9.38. The monoisotopic (exact) mass is 432 g/mol. The number of halogens is 3. The average molecular weight is 432 g/mol. The number of alkyl halides is 3. The summed E-state index contributed by atoms with van der Waals surface area (Å²) < 4.78 is 46.2. The summed E-state index contributed by atoms with van der Waals surface area (Å²) in [5.74, 6) is -0.641. The third-order valence-electron chi connectivity index (χ3n) is 4.32. The number of nitrogens with zero attached hydrogens (tertiary/aromatic N) is 2. The Kier molecular flexibility index (Phi) is 6.64. The van der Waals surface area contributed by atoms with Crippen LogP contribution in [0.2, 0.25) is 0 Å². The largest absolute Gasteiger partial charge is 0.489 e. The zero-order valence-corrected chi connectivity index (χ0v) is 16.3. The Hall–Kier alpha value is -3.75. The van der Waals surface area contributed by atoms with Crippen molar-refractivity contribution in [3.8, 4) is 5.75 Å². The molecular weight excluding hydrogens is 413 g/mol. The summed E-state index contributed by atoms with van der Waals surface area (Å²) in [6.45, 7) is 3.65. The van der Waals surface area contributed by atoms with Gasteiger partial charge >= 0.3 is 12.1 Å². The Morgan fingerprint density at radius 3 is 2.71 bits per heavy atom. The molecule has 0 aliphatic carbocycles. The zero-order valence-electron chi connectivity index (χ0n) is 16.3. The highest BCUT2D eigenvalue weighted by Gasteiger charge is 2.30. The summed E-state index contributed by atoms with van der Waals surface area (Å²) in [6.07, 6.45) is -1.31. The molecular formula is C22H19F3N2O4. The molecule has 0 saturated heterocycles. The first-order chi connectivity index (χ1) is 14.8. The zero-order chi connectivity index (χ0) is 22.4. The highest BCUT2D eigenvalue weighted by molar-refractivity contribution is 5.91. The van der Waals surface area contributed by atoms with Crippen LogP contribution in [0.25, 0.3) is 10.9 Å². The molecule has 0 radical (unpaired) electrons. The first-order valence-electron chi connectivity index (χ1n) is 9.18. The Labute approximate surface area is 175 Å². The van der Waals surface area contributed by atoms with Crippen molar-refractivity contribution in [2.45, 2.75) is 19.3 Å². The van der Waals surface area contributed by atoms with Gasteiger partial charge in [0.15, 0.2) is 0 Å². The van der Waals surface area contributed by atoms with E-state index in [-0.39, 0.29) is 6.61 Å². The molecule has 0 saturated carbocycles. The number of rotatable bonds is 9. The molecule has 0 atom stereocenters. The second-order valence-electron chi connectivity index (χ2n) is 6.58. The molecule has 31 heavy (non-hydrogen) atoms. The molecule has 0 amide bonds. The number of carboxylic acids is 1. The molecule has 9 heteroatoms. The quantitative estimate of drug-likeness (QED) is 0.298. The number of hydrogen-bond donors (Lipinski definition) is 1. The van der Waals surface area contributed by atoms with Crippen molar-refractivity contribution in [3.05, 3.63) is 78.0 Å². The molecule has 6 nitrogen and oxygen atoms in total. The van der Waals surface area contributed by atoms with Gasteiger partial charge in [0.05, 0.1) is 17.5 Å². The van der Waals surface area contributed by atoms with E-state index in [0.717, 1.165) is 23.0 Å². The summed E-state index contributed by atoms with van der Waals surface area (Å²) in [5.41, 5.74) is 1.20. The summed E-state index contributed by atoms with van der Waals surface area (Å²) in [5, 5.41) is 13.1. The molecule has 0 bridgehead atoms. The molecule has 1 N–H and O–H groups in total. The third kappa shape index (κ3) is 5.65. The maximum Gasteiger partial charge on any atom is 0.416 e. The van der Waals surface area contributed by atoms with Crippen LogP contribution in [-0.4, -0.2) is 28.5 Å². The van der Waals surface area contributed by atoms with E-state index in [1.54, 1.807) is 24.3 Å². The number of carbonyl (C=O) groups is 1. The van der Waals surface area contributed by atoms with Crippen LogP contribution < -0.4 is 4.74 Å². The number of hydrogen-bond acceptors (Lipinski definition) is 4. The maximum atomic E-state index is 12.9. The molecule has 0 aliphatic rings. The van der Waals surface area contributed by atoms with Gasteiger partial charge in [0.25, 0.3) is 0 Å². The van der Waals surface area contributed by atoms with E-state index in [4.69, 9.17) is 14.7 Å². The van der Waals surface area contributed by atoms with Crippen LogP contribution >= 0.6 is 0 Å². The van der Waals surface area contributed by atoms with E-state index >= 15 is 0 Å². The normalized spacial score (nSPS) is 11.7. The van der Waals surface area contributed by atoms with E-state index < -0.39 is 24.3 Å². The smallest absolute Gasteiger partial charge is 0.416 e. The van der Waals surface area contributed by atoms with Gasteiger partial charge in [0.2, 0.25) is 6.61 Å². The maximum absolute atomic E-state index is 12.9. The number of fused-ring (bicyclic) bond motifs is 1. The van der Waals surface area contributed by atoms with Crippen LogP contribution in [0.15, 0.2) is 66.3 Å². The molecule has 162 valence electrons. The Morgan fingerprint density at radius 1 is 1.19 bits per heavy atom. The van der Waals surface area contributed by atoms with Gasteiger partial charge in [0.1, 0.15) is 12.4 Å². The molecule has 1 aromatic heterocycles. The number of carboxylic acid groups (broad SMARTS) is 1. The Bertz CT molecular complexity index is 1120. The van der Waals surface area contributed by atoms with Crippen LogP contribution in [0.5, 0.6) is 5.75 Å². The molecule has 3 rings (SSSR count). The van der Waals surface area contributed by atoms with Crippen molar-refractivity contribution in [1.29, 1.82) is 0 Å². The fourth-order valence-electron chi connectivity index (χ4n) is 2.99.